The zero-order valence-corrected chi connectivity index (χ0v) is 12.0. The number of nitrogens with zero attached hydrogens (tertiary/aromatic N) is 1. The van der Waals surface area contributed by atoms with Crippen LogP contribution in [0.15, 0.2) is 0 Å². The lowest BCUT2D eigenvalue weighted by Crippen LogP contribution is -2.46. The lowest BCUT2D eigenvalue weighted by atomic mass is 10.1. The van der Waals surface area contributed by atoms with Crippen molar-refractivity contribution in [1.29, 1.82) is 0 Å². The van der Waals surface area contributed by atoms with Crippen molar-refractivity contribution in [2.24, 2.45) is 5.92 Å². The molecule has 0 spiro atoms. The fourth-order valence-electron chi connectivity index (χ4n) is 2.38. The third kappa shape index (κ3) is 5.84. The molecule has 1 saturated heterocycles. The second kappa shape index (κ2) is 8.06. The molecule has 0 amide bonds. The van der Waals surface area contributed by atoms with Crippen LogP contribution in [0.2, 0.25) is 0 Å². The zero-order valence-electron chi connectivity index (χ0n) is 12.0. The van der Waals surface area contributed by atoms with Gasteiger partial charge in [-0.25, -0.2) is 0 Å². The molecule has 1 aliphatic rings. The van der Waals surface area contributed by atoms with Crippen LogP contribution in [-0.2, 0) is 4.74 Å². The molecule has 0 aromatic rings. The van der Waals surface area contributed by atoms with Crippen molar-refractivity contribution in [2.75, 3.05) is 33.3 Å². The Morgan fingerprint density at radius 3 is 2.41 bits per heavy atom. The quantitative estimate of drug-likeness (QED) is 0.692. The minimum atomic E-state index is 0.493. The maximum absolute atomic E-state index is 5.40. The molecular formula is C14H30N2O. The van der Waals surface area contributed by atoms with Crippen molar-refractivity contribution >= 4 is 0 Å². The standard InChI is InChI=1S/C14H30N2O/c1-12(2)5-8-15-11-13(3)16-9-6-14(17-4)7-10-16/h12-15H,5-11H2,1-4H3. The molecule has 3 nitrogen and oxygen atoms in total. The third-order valence-corrected chi connectivity index (χ3v) is 3.77. The molecule has 0 saturated carbocycles. The lowest BCUT2D eigenvalue weighted by molar-refractivity contribution is 0.0298. The first-order valence-corrected chi connectivity index (χ1v) is 7.11. The molecule has 1 N–H and O–H groups in total. The van der Waals surface area contributed by atoms with Crippen LogP contribution >= 0.6 is 0 Å². The van der Waals surface area contributed by atoms with E-state index in [0.717, 1.165) is 19.0 Å². The largest absolute Gasteiger partial charge is 0.381 e. The van der Waals surface area contributed by atoms with E-state index in [9.17, 15) is 0 Å². The highest BCUT2D eigenvalue weighted by molar-refractivity contribution is 4.77. The van der Waals surface area contributed by atoms with E-state index < -0.39 is 0 Å². The average molecular weight is 242 g/mol. The summed E-state index contributed by atoms with van der Waals surface area (Å²) < 4.78 is 5.40. The first-order valence-electron chi connectivity index (χ1n) is 7.11. The van der Waals surface area contributed by atoms with Gasteiger partial charge >= 0.3 is 0 Å². The number of nitrogens with one attached hydrogen (secondary N) is 1. The first-order chi connectivity index (χ1) is 8.13. The van der Waals surface area contributed by atoms with Gasteiger partial charge in [-0.3, -0.25) is 4.90 Å². The summed E-state index contributed by atoms with van der Waals surface area (Å²) in [5.74, 6) is 0.801. The minimum Gasteiger partial charge on any atom is -0.381 e. The molecule has 1 aliphatic heterocycles. The van der Waals surface area contributed by atoms with Crippen LogP contribution in [0.25, 0.3) is 0 Å². The van der Waals surface area contributed by atoms with Crippen LogP contribution in [-0.4, -0.2) is 50.3 Å². The van der Waals surface area contributed by atoms with Crippen LogP contribution in [0.4, 0.5) is 0 Å². The summed E-state index contributed by atoms with van der Waals surface area (Å²) in [5.41, 5.74) is 0. The number of ether oxygens (including phenoxy) is 1. The first kappa shape index (κ1) is 14.9. The monoisotopic (exact) mass is 242 g/mol. The molecule has 17 heavy (non-hydrogen) atoms. The Balaban J connectivity index is 2.09. The predicted molar refractivity (Wildman–Crippen MR) is 73.4 cm³/mol. The molecule has 0 radical (unpaired) electrons. The van der Waals surface area contributed by atoms with E-state index >= 15 is 0 Å². The summed E-state index contributed by atoms with van der Waals surface area (Å²) in [6.45, 7) is 11.5. The molecule has 0 aromatic heterocycles. The Morgan fingerprint density at radius 1 is 1.24 bits per heavy atom. The molecule has 3 heteroatoms. The fraction of sp³-hybridized carbons (Fsp3) is 1.00. The van der Waals surface area contributed by atoms with Crippen LogP contribution in [0.3, 0.4) is 0 Å². The number of methoxy groups -OCH3 is 1. The maximum atomic E-state index is 5.40. The van der Waals surface area contributed by atoms with E-state index in [-0.39, 0.29) is 0 Å². The summed E-state index contributed by atoms with van der Waals surface area (Å²) in [6, 6.07) is 0.653. The van der Waals surface area contributed by atoms with Crippen LogP contribution in [0, 0.1) is 5.92 Å². The molecule has 1 rings (SSSR count). The topological polar surface area (TPSA) is 24.5 Å². The highest BCUT2D eigenvalue weighted by atomic mass is 16.5. The molecule has 0 aliphatic carbocycles. The van der Waals surface area contributed by atoms with Gasteiger partial charge in [-0.2, -0.15) is 0 Å². The highest BCUT2D eigenvalue weighted by Crippen LogP contribution is 2.14. The molecule has 1 fully saturated rings. The van der Waals surface area contributed by atoms with E-state index in [2.05, 4.69) is 31.0 Å². The smallest absolute Gasteiger partial charge is 0.0595 e. The average Bonchev–Trinajstić information content (AvgIpc) is 2.34. The van der Waals surface area contributed by atoms with Crippen molar-refractivity contribution in [3.05, 3.63) is 0 Å². The number of hydrogen-bond donors (Lipinski definition) is 1. The van der Waals surface area contributed by atoms with Gasteiger partial charge in [0.25, 0.3) is 0 Å². The Kier molecular flexibility index (Phi) is 7.09. The van der Waals surface area contributed by atoms with Crippen molar-refractivity contribution in [3.63, 3.8) is 0 Å². The van der Waals surface area contributed by atoms with Crippen molar-refractivity contribution in [2.45, 2.75) is 52.2 Å². The summed E-state index contributed by atoms with van der Waals surface area (Å²) >= 11 is 0. The molecular weight excluding hydrogens is 212 g/mol. The number of hydrogen-bond acceptors (Lipinski definition) is 3. The second-order valence-corrected chi connectivity index (χ2v) is 5.71. The number of rotatable bonds is 7. The second-order valence-electron chi connectivity index (χ2n) is 5.71. The van der Waals surface area contributed by atoms with E-state index in [1.165, 1.54) is 32.4 Å². The Labute approximate surface area is 107 Å². The molecule has 102 valence electrons. The van der Waals surface area contributed by atoms with E-state index in [0.29, 0.717) is 12.1 Å². The third-order valence-electron chi connectivity index (χ3n) is 3.77. The van der Waals surface area contributed by atoms with E-state index in [1.807, 2.05) is 7.11 Å². The SMILES string of the molecule is COC1CCN(C(C)CNCCC(C)C)CC1. The van der Waals surface area contributed by atoms with E-state index in [1.54, 1.807) is 0 Å². The van der Waals surface area contributed by atoms with Gasteiger partial charge in [-0.05, 0) is 38.6 Å². The lowest BCUT2D eigenvalue weighted by Gasteiger charge is -2.35. The van der Waals surface area contributed by atoms with Crippen LogP contribution in [0.5, 0.6) is 0 Å². The Bertz CT molecular complexity index is 189. The summed E-state index contributed by atoms with van der Waals surface area (Å²) in [7, 11) is 1.83. The number of piperidine rings is 1. The summed E-state index contributed by atoms with van der Waals surface area (Å²) in [6.07, 6.45) is 4.14. The van der Waals surface area contributed by atoms with Gasteiger partial charge in [0.2, 0.25) is 0 Å². The van der Waals surface area contributed by atoms with Gasteiger partial charge < -0.3 is 10.1 Å². The molecule has 1 unspecified atom stereocenters. The normalized spacial score (nSPS) is 21.0. The van der Waals surface area contributed by atoms with Gasteiger partial charge in [0, 0.05) is 32.8 Å². The fourth-order valence-corrected chi connectivity index (χ4v) is 2.38. The molecule has 0 aromatic carbocycles. The zero-order chi connectivity index (χ0) is 12.7. The summed E-state index contributed by atoms with van der Waals surface area (Å²) in [5, 5.41) is 3.57. The van der Waals surface area contributed by atoms with Gasteiger partial charge in [-0.1, -0.05) is 13.8 Å². The molecule has 1 heterocycles. The van der Waals surface area contributed by atoms with Crippen LogP contribution < -0.4 is 5.32 Å². The Hall–Kier alpha value is -0.120. The molecule has 1 atom stereocenters. The predicted octanol–water partition coefficient (Wildman–Crippen LogP) is 2.12. The van der Waals surface area contributed by atoms with Crippen LogP contribution in [0.1, 0.15) is 40.0 Å². The maximum Gasteiger partial charge on any atom is 0.0595 e. The number of likely N-dealkylation sites (tertiary alicyclic amines) is 1. The molecule has 0 bridgehead atoms. The van der Waals surface area contributed by atoms with Crippen molar-refractivity contribution < 1.29 is 4.74 Å². The van der Waals surface area contributed by atoms with Gasteiger partial charge in [0.1, 0.15) is 0 Å². The van der Waals surface area contributed by atoms with Crippen molar-refractivity contribution in [1.82, 2.24) is 10.2 Å². The highest BCUT2D eigenvalue weighted by Gasteiger charge is 2.21. The summed E-state index contributed by atoms with van der Waals surface area (Å²) in [4.78, 5) is 2.58. The van der Waals surface area contributed by atoms with Gasteiger partial charge in [0.15, 0.2) is 0 Å². The van der Waals surface area contributed by atoms with Gasteiger partial charge in [0.05, 0.1) is 6.10 Å². The Morgan fingerprint density at radius 2 is 1.88 bits per heavy atom. The van der Waals surface area contributed by atoms with E-state index in [4.69, 9.17) is 4.74 Å². The minimum absolute atomic E-state index is 0.493. The van der Waals surface area contributed by atoms with Gasteiger partial charge in [-0.15, -0.1) is 0 Å². The van der Waals surface area contributed by atoms with Crippen molar-refractivity contribution in [3.8, 4) is 0 Å².